The average Bonchev–Trinajstić information content (AvgIpc) is 2.80. The Morgan fingerprint density at radius 3 is 2.14 bits per heavy atom. The molecule has 0 unspecified atom stereocenters. The predicted molar refractivity (Wildman–Crippen MR) is 144 cm³/mol. The van der Waals surface area contributed by atoms with Crippen molar-refractivity contribution < 1.29 is 17.9 Å². The molecule has 9 heteroatoms. The summed E-state index contributed by atoms with van der Waals surface area (Å²) in [6, 6.07) is 18.3. The van der Waals surface area contributed by atoms with Crippen molar-refractivity contribution >= 4 is 44.6 Å². The van der Waals surface area contributed by atoms with Crippen molar-refractivity contribution in [1.82, 2.24) is 5.32 Å². The van der Waals surface area contributed by atoms with E-state index in [0.717, 1.165) is 11.1 Å². The minimum atomic E-state index is -3.75. The van der Waals surface area contributed by atoms with Gasteiger partial charge in [-0.15, -0.1) is 0 Å². The Kier molecular flexibility index (Phi) is 8.48. The number of carbonyl (C=O) groups excluding carboxylic acids is 1. The highest BCUT2D eigenvalue weighted by molar-refractivity contribution is 7.92. The number of anilines is 2. The van der Waals surface area contributed by atoms with E-state index in [2.05, 4.69) is 29.2 Å². The van der Waals surface area contributed by atoms with Crippen LogP contribution >= 0.6 is 12.2 Å². The maximum absolute atomic E-state index is 12.7. The molecule has 0 aromatic heterocycles. The highest BCUT2D eigenvalue weighted by atomic mass is 32.2. The van der Waals surface area contributed by atoms with Gasteiger partial charge < -0.3 is 10.1 Å². The minimum Gasteiger partial charge on any atom is -0.493 e. The molecule has 0 saturated heterocycles. The third-order valence-corrected chi connectivity index (χ3v) is 6.71. The van der Waals surface area contributed by atoms with E-state index in [9.17, 15) is 13.2 Å². The van der Waals surface area contributed by atoms with Gasteiger partial charge in [-0.3, -0.25) is 14.8 Å². The number of aryl methyl sites for hydroxylation is 2. The summed E-state index contributed by atoms with van der Waals surface area (Å²) in [7, 11) is -3.75. The molecule has 1 amide bonds. The molecule has 0 spiro atoms. The van der Waals surface area contributed by atoms with E-state index in [0.29, 0.717) is 35.2 Å². The van der Waals surface area contributed by atoms with Gasteiger partial charge in [0.2, 0.25) is 0 Å². The van der Waals surface area contributed by atoms with E-state index in [4.69, 9.17) is 17.0 Å². The normalized spacial score (nSPS) is 11.1. The molecule has 3 aromatic rings. The average molecular weight is 512 g/mol. The Morgan fingerprint density at radius 2 is 1.54 bits per heavy atom. The molecule has 0 aliphatic rings. The van der Waals surface area contributed by atoms with E-state index < -0.39 is 10.0 Å². The largest absolute Gasteiger partial charge is 0.493 e. The van der Waals surface area contributed by atoms with E-state index in [1.165, 1.54) is 12.1 Å². The van der Waals surface area contributed by atoms with Crippen molar-refractivity contribution in [3.8, 4) is 5.75 Å². The van der Waals surface area contributed by atoms with Crippen molar-refractivity contribution in [1.29, 1.82) is 0 Å². The molecular formula is C26H29N3O4S2. The van der Waals surface area contributed by atoms with Crippen LogP contribution in [0.4, 0.5) is 11.4 Å². The van der Waals surface area contributed by atoms with Gasteiger partial charge in [0.1, 0.15) is 5.75 Å². The van der Waals surface area contributed by atoms with Gasteiger partial charge in [0, 0.05) is 16.9 Å². The fourth-order valence-corrected chi connectivity index (χ4v) is 4.30. The number of hydrogen-bond donors (Lipinski definition) is 3. The maximum atomic E-state index is 12.7. The summed E-state index contributed by atoms with van der Waals surface area (Å²) in [5.41, 5.74) is 3.55. The summed E-state index contributed by atoms with van der Waals surface area (Å²) in [6.45, 7) is 8.61. The first-order valence-corrected chi connectivity index (χ1v) is 13.0. The Labute approximate surface area is 212 Å². The fourth-order valence-electron chi connectivity index (χ4n) is 3.04. The molecule has 0 fully saturated rings. The highest BCUT2D eigenvalue weighted by Crippen LogP contribution is 2.20. The number of ether oxygens (including phenoxy) is 1. The SMILES string of the molecule is Cc1ccc(NS(=O)(=O)c2ccc(NC(=S)NC(=O)c3ccc(OCC(C)C)cc3)cc2)cc1C. The molecule has 35 heavy (non-hydrogen) atoms. The second kappa shape index (κ2) is 11.3. The second-order valence-electron chi connectivity index (χ2n) is 8.57. The highest BCUT2D eigenvalue weighted by Gasteiger charge is 2.15. The van der Waals surface area contributed by atoms with Gasteiger partial charge in [0.25, 0.3) is 15.9 Å². The van der Waals surface area contributed by atoms with Gasteiger partial charge in [0.15, 0.2) is 5.11 Å². The summed E-state index contributed by atoms with van der Waals surface area (Å²) < 4.78 is 33.6. The number of nitrogens with one attached hydrogen (secondary N) is 3. The van der Waals surface area contributed by atoms with E-state index in [1.807, 2.05) is 19.9 Å². The van der Waals surface area contributed by atoms with E-state index >= 15 is 0 Å². The van der Waals surface area contributed by atoms with Crippen molar-refractivity contribution in [2.45, 2.75) is 32.6 Å². The number of hydrogen-bond acceptors (Lipinski definition) is 5. The summed E-state index contributed by atoms with van der Waals surface area (Å²) in [6.07, 6.45) is 0. The Bertz CT molecular complexity index is 1300. The van der Waals surface area contributed by atoms with Gasteiger partial charge in [-0.2, -0.15) is 0 Å². The van der Waals surface area contributed by atoms with Crippen molar-refractivity contribution in [2.24, 2.45) is 5.92 Å². The molecule has 0 aliphatic heterocycles. The summed E-state index contributed by atoms with van der Waals surface area (Å²) in [5, 5.41) is 5.60. The van der Waals surface area contributed by atoms with Gasteiger partial charge in [0.05, 0.1) is 11.5 Å². The van der Waals surface area contributed by atoms with Crippen LogP contribution in [0.3, 0.4) is 0 Å². The molecule has 7 nitrogen and oxygen atoms in total. The topological polar surface area (TPSA) is 96.5 Å². The summed E-state index contributed by atoms with van der Waals surface area (Å²) >= 11 is 5.23. The zero-order chi connectivity index (χ0) is 25.6. The summed E-state index contributed by atoms with van der Waals surface area (Å²) in [4.78, 5) is 12.6. The molecule has 184 valence electrons. The Morgan fingerprint density at radius 1 is 0.914 bits per heavy atom. The maximum Gasteiger partial charge on any atom is 0.261 e. The Balaban J connectivity index is 1.57. The molecule has 0 aliphatic carbocycles. The molecule has 0 saturated carbocycles. The molecule has 0 atom stereocenters. The first kappa shape index (κ1) is 26.2. The lowest BCUT2D eigenvalue weighted by Crippen LogP contribution is -2.34. The first-order valence-electron chi connectivity index (χ1n) is 11.1. The van der Waals surface area contributed by atoms with Crippen LogP contribution in [-0.4, -0.2) is 26.0 Å². The number of sulfonamides is 1. The molecule has 0 heterocycles. The molecule has 3 aromatic carbocycles. The second-order valence-corrected chi connectivity index (χ2v) is 10.7. The lowest BCUT2D eigenvalue weighted by atomic mass is 10.1. The number of amides is 1. The number of benzene rings is 3. The smallest absolute Gasteiger partial charge is 0.261 e. The van der Waals surface area contributed by atoms with Gasteiger partial charge in [-0.25, -0.2) is 8.42 Å². The van der Waals surface area contributed by atoms with Crippen LogP contribution in [0.15, 0.2) is 71.6 Å². The summed E-state index contributed by atoms with van der Waals surface area (Å²) in [5.74, 6) is 0.733. The number of carbonyl (C=O) groups is 1. The third-order valence-electron chi connectivity index (χ3n) is 5.11. The van der Waals surface area contributed by atoms with Crippen LogP contribution in [-0.2, 0) is 10.0 Å². The van der Waals surface area contributed by atoms with Crippen molar-refractivity contribution in [3.63, 3.8) is 0 Å². The lowest BCUT2D eigenvalue weighted by molar-refractivity contribution is 0.0977. The quantitative estimate of drug-likeness (QED) is 0.357. The third kappa shape index (κ3) is 7.53. The van der Waals surface area contributed by atoms with Crippen LogP contribution in [0.25, 0.3) is 0 Å². The zero-order valence-corrected chi connectivity index (χ0v) is 21.7. The monoisotopic (exact) mass is 511 g/mol. The van der Waals surface area contributed by atoms with Gasteiger partial charge in [-0.05, 0) is 104 Å². The van der Waals surface area contributed by atoms with Gasteiger partial charge >= 0.3 is 0 Å². The molecule has 0 radical (unpaired) electrons. The van der Waals surface area contributed by atoms with E-state index in [-0.39, 0.29) is 15.9 Å². The molecule has 0 bridgehead atoms. The number of rotatable bonds is 8. The molecule has 3 N–H and O–H groups in total. The van der Waals surface area contributed by atoms with Crippen molar-refractivity contribution in [2.75, 3.05) is 16.6 Å². The van der Waals surface area contributed by atoms with Gasteiger partial charge in [-0.1, -0.05) is 19.9 Å². The minimum absolute atomic E-state index is 0.0963. The van der Waals surface area contributed by atoms with Crippen LogP contribution < -0.4 is 20.1 Å². The predicted octanol–water partition coefficient (Wildman–Crippen LogP) is 5.27. The Hall–Kier alpha value is -3.43. The lowest BCUT2D eigenvalue weighted by Gasteiger charge is -2.12. The van der Waals surface area contributed by atoms with Crippen molar-refractivity contribution in [3.05, 3.63) is 83.4 Å². The molecular weight excluding hydrogens is 482 g/mol. The zero-order valence-electron chi connectivity index (χ0n) is 20.1. The molecule has 3 rings (SSSR count). The van der Waals surface area contributed by atoms with E-state index in [1.54, 1.807) is 48.5 Å². The van der Waals surface area contributed by atoms with Crippen LogP contribution in [0.1, 0.15) is 35.3 Å². The first-order chi connectivity index (χ1) is 16.5. The van der Waals surface area contributed by atoms with Crippen LogP contribution in [0.2, 0.25) is 0 Å². The van der Waals surface area contributed by atoms with Crippen LogP contribution in [0.5, 0.6) is 5.75 Å². The standard InChI is InChI=1S/C26H29N3O4S2/c1-17(2)16-33-23-11-6-20(7-12-23)25(30)28-26(34)27-21-9-13-24(14-10-21)35(31,32)29-22-8-5-18(3)19(4)15-22/h5-15,17,29H,16H2,1-4H3,(H2,27,28,30,34). The fraction of sp³-hybridized carbons (Fsp3) is 0.231. The van der Waals surface area contributed by atoms with Crippen LogP contribution in [0, 0.1) is 19.8 Å². The number of thiocarbonyl (C=S) groups is 1.